The fourth-order valence-corrected chi connectivity index (χ4v) is 9.90. The molecule has 0 bridgehead atoms. The van der Waals surface area contributed by atoms with E-state index < -0.39 is 35.3 Å². The van der Waals surface area contributed by atoms with Crippen LogP contribution in [0, 0.1) is 32.0 Å². The second-order valence-electron chi connectivity index (χ2n) is 19.0. The average Bonchev–Trinajstić information content (AvgIpc) is 4.06. The van der Waals surface area contributed by atoms with Crippen LogP contribution in [0.25, 0.3) is 22.1 Å². The van der Waals surface area contributed by atoms with E-state index in [0.717, 1.165) is 28.2 Å². The van der Waals surface area contributed by atoms with Crippen LogP contribution in [0.15, 0.2) is 48.0 Å². The van der Waals surface area contributed by atoms with E-state index in [4.69, 9.17) is 0 Å². The lowest BCUT2D eigenvalue weighted by Crippen LogP contribution is -2.57. The molecule has 2 aromatic heterocycles. The second-order valence-corrected chi connectivity index (χ2v) is 19.9. The number of benzene rings is 2. The van der Waals surface area contributed by atoms with E-state index in [1.165, 1.54) is 23.1 Å². The zero-order valence-corrected chi connectivity index (χ0v) is 40.4. The molecular formula is C50H62FN9O7S. The van der Waals surface area contributed by atoms with Crippen LogP contribution >= 0.6 is 11.3 Å². The van der Waals surface area contributed by atoms with E-state index in [0.29, 0.717) is 84.9 Å². The van der Waals surface area contributed by atoms with Gasteiger partial charge in [0.15, 0.2) is 0 Å². The van der Waals surface area contributed by atoms with Gasteiger partial charge in [-0.05, 0) is 86.5 Å². The third-order valence-electron chi connectivity index (χ3n) is 12.9. The molecule has 4 aromatic rings. The monoisotopic (exact) mass is 951 g/mol. The normalized spacial score (nSPS) is 18.4. The molecule has 362 valence electrons. The molecule has 0 unspecified atom stereocenters. The predicted molar refractivity (Wildman–Crippen MR) is 259 cm³/mol. The molecule has 0 saturated carbocycles. The third-order valence-corrected chi connectivity index (χ3v) is 13.9. The molecule has 68 heavy (non-hydrogen) atoms. The van der Waals surface area contributed by atoms with E-state index >= 15 is 0 Å². The molecule has 2 saturated heterocycles. The number of aryl methyl sites for hydroxylation is 2. The van der Waals surface area contributed by atoms with Gasteiger partial charge >= 0.3 is 0 Å². The number of thiazole rings is 1. The number of piperazine rings is 1. The van der Waals surface area contributed by atoms with Gasteiger partial charge < -0.3 is 41.2 Å². The molecule has 0 aliphatic carbocycles. The number of β-amino-alcohol motifs (C(OH)–C–C–N with tert-alkyl or cyclic N) is 1. The zero-order chi connectivity index (χ0) is 48.9. The summed E-state index contributed by atoms with van der Waals surface area (Å²) in [6.07, 6.45) is 2.06. The number of nitrogens with zero attached hydrogens (tertiary/aromatic N) is 4. The summed E-state index contributed by atoms with van der Waals surface area (Å²) in [5.41, 5.74) is 7.73. The number of amides is 6. The first-order valence-corrected chi connectivity index (χ1v) is 24.1. The standard InChI is InChI=1S/C50H62FN9O7S/c1-29-39(25-37-36-23-34(51)15-16-38(36)56-46(37)64)55-30(2)43(29)48(66)52-17-8-18-58-19-21-59(22-20-58)42(63)10-7-9-41(62)57-45(50(4,5)6)49(67)60-27-35(61)24-40(60)47(65)53-26-32-11-13-33(14-12-32)44-31(3)54-28-68-44/h11-16,23,25,28,35,40,45,55,61H,7-10,17-22,24,26-27H2,1-6H3,(H,52,66)(H,53,65)(H,56,64)(H,57,62)/b37-25-/t35-,40+,45-/m1/s1. The Balaban J connectivity index is 0.810. The number of rotatable bonds is 16. The number of aliphatic hydroxyl groups excluding tert-OH is 1. The number of fused-ring (bicyclic) bond motifs is 1. The summed E-state index contributed by atoms with van der Waals surface area (Å²) in [6, 6.07) is 10.1. The number of aliphatic hydroxyl groups is 1. The molecule has 2 fully saturated rings. The molecule has 0 radical (unpaired) electrons. The molecular weight excluding hydrogens is 890 g/mol. The number of likely N-dealkylation sites (tertiary alicyclic amines) is 1. The van der Waals surface area contributed by atoms with Crippen molar-refractivity contribution in [2.45, 2.75) is 98.4 Å². The fourth-order valence-electron chi connectivity index (χ4n) is 9.09. The quantitative estimate of drug-likeness (QED) is 0.0664. The Morgan fingerprint density at radius 2 is 1.72 bits per heavy atom. The average molecular weight is 952 g/mol. The summed E-state index contributed by atoms with van der Waals surface area (Å²) < 4.78 is 14.0. The minimum atomic E-state index is -0.964. The van der Waals surface area contributed by atoms with E-state index in [1.54, 1.807) is 41.7 Å². The number of carbonyl (C=O) groups excluding carboxylic acids is 6. The molecule has 3 aliphatic heterocycles. The maximum Gasteiger partial charge on any atom is 0.256 e. The van der Waals surface area contributed by atoms with Gasteiger partial charge in [0, 0.05) is 87.7 Å². The van der Waals surface area contributed by atoms with Crippen molar-refractivity contribution >= 4 is 64.1 Å². The smallest absolute Gasteiger partial charge is 0.256 e. The number of carbonyl (C=O) groups is 6. The Kier molecular flexibility index (Phi) is 15.6. The van der Waals surface area contributed by atoms with Crippen molar-refractivity contribution in [3.63, 3.8) is 0 Å². The summed E-state index contributed by atoms with van der Waals surface area (Å²) >= 11 is 1.57. The van der Waals surface area contributed by atoms with Gasteiger partial charge in [-0.25, -0.2) is 9.37 Å². The van der Waals surface area contributed by atoms with Gasteiger partial charge in [0.25, 0.3) is 11.8 Å². The number of nitrogens with one attached hydrogen (secondary N) is 5. The highest BCUT2D eigenvalue weighted by Gasteiger charge is 2.44. The van der Waals surface area contributed by atoms with Crippen LogP contribution in [0.2, 0.25) is 0 Å². The molecule has 2 aromatic carbocycles. The minimum absolute atomic E-state index is 0.0273. The predicted octanol–water partition coefficient (Wildman–Crippen LogP) is 4.94. The largest absolute Gasteiger partial charge is 0.391 e. The lowest BCUT2D eigenvalue weighted by molar-refractivity contribution is -0.144. The van der Waals surface area contributed by atoms with Crippen molar-refractivity contribution in [1.82, 2.24) is 40.6 Å². The Bertz CT molecular complexity index is 2570. The van der Waals surface area contributed by atoms with Gasteiger partial charge in [0.2, 0.25) is 23.6 Å². The van der Waals surface area contributed by atoms with Crippen LogP contribution in [-0.2, 0) is 30.5 Å². The molecule has 16 nitrogen and oxygen atoms in total. The maximum atomic E-state index is 14.1. The number of aromatic nitrogens is 2. The van der Waals surface area contributed by atoms with Crippen molar-refractivity contribution in [2.75, 3.05) is 51.1 Å². The molecule has 18 heteroatoms. The summed E-state index contributed by atoms with van der Waals surface area (Å²) in [6.45, 7) is 14.9. The first kappa shape index (κ1) is 49.7. The Hall–Kier alpha value is -6.24. The lowest BCUT2D eigenvalue weighted by Gasteiger charge is -2.35. The maximum absolute atomic E-state index is 14.1. The number of hydrogen-bond acceptors (Lipinski definition) is 10. The Labute approximate surface area is 400 Å². The number of aromatic amines is 1. The van der Waals surface area contributed by atoms with Crippen LogP contribution in [0.3, 0.4) is 0 Å². The highest BCUT2D eigenvalue weighted by atomic mass is 32.1. The van der Waals surface area contributed by atoms with Crippen molar-refractivity contribution in [3.8, 4) is 10.4 Å². The number of hydrogen-bond donors (Lipinski definition) is 6. The van der Waals surface area contributed by atoms with E-state index in [-0.39, 0.29) is 61.9 Å². The second kappa shape index (κ2) is 21.4. The van der Waals surface area contributed by atoms with Gasteiger partial charge in [-0.3, -0.25) is 33.7 Å². The van der Waals surface area contributed by atoms with Crippen LogP contribution in [0.1, 0.15) is 97.0 Å². The molecule has 0 spiro atoms. The molecule has 3 atom stereocenters. The van der Waals surface area contributed by atoms with Crippen LogP contribution < -0.4 is 21.3 Å². The van der Waals surface area contributed by atoms with E-state index in [1.807, 2.05) is 52.0 Å². The molecule has 5 heterocycles. The summed E-state index contributed by atoms with van der Waals surface area (Å²) in [7, 11) is 0. The summed E-state index contributed by atoms with van der Waals surface area (Å²) in [4.78, 5) is 93.9. The van der Waals surface area contributed by atoms with Gasteiger partial charge in [-0.2, -0.15) is 0 Å². The third kappa shape index (κ3) is 11.7. The van der Waals surface area contributed by atoms with Crippen LogP contribution in [0.5, 0.6) is 0 Å². The van der Waals surface area contributed by atoms with Crippen molar-refractivity contribution < 1.29 is 38.3 Å². The first-order valence-electron chi connectivity index (χ1n) is 23.2. The van der Waals surface area contributed by atoms with Gasteiger partial charge in [-0.1, -0.05) is 45.0 Å². The van der Waals surface area contributed by atoms with Crippen LogP contribution in [-0.4, -0.2) is 129 Å². The molecule has 6 amide bonds. The van der Waals surface area contributed by atoms with E-state index in [9.17, 15) is 38.3 Å². The Morgan fingerprint density at radius 3 is 2.41 bits per heavy atom. The molecule has 6 N–H and O–H groups in total. The number of halogens is 1. The Morgan fingerprint density at radius 1 is 0.985 bits per heavy atom. The SMILES string of the molecule is Cc1ncsc1-c1ccc(CNC(=O)[C@@H]2C[C@@H](O)CN2C(=O)[C@@H](NC(=O)CCCC(=O)N2CCN(CCCNC(=O)c3c(C)[nH]c(/C=C4\C(=O)Nc5ccc(F)cc54)c3C)CC2)C(C)(C)C)cc1. The van der Waals surface area contributed by atoms with Crippen molar-refractivity contribution in [3.05, 3.63) is 93.1 Å². The summed E-state index contributed by atoms with van der Waals surface area (Å²) in [5, 5.41) is 22.1. The topological polar surface area (TPSA) is 209 Å². The molecule has 7 rings (SSSR count). The zero-order valence-electron chi connectivity index (χ0n) is 39.6. The van der Waals surface area contributed by atoms with Crippen molar-refractivity contribution in [2.24, 2.45) is 5.41 Å². The number of H-pyrrole nitrogens is 1. The minimum Gasteiger partial charge on any atom is -0.391 e. The first-order chi connectivity index (χ1) is 32.4. The van der Waals surface area contributed by atoms with Crippen molar-refractivity contribution in [1.29, 1.82) is 0 Å². The van der Waals surface area contributed by atoms with Gasteiger partial charge in [-0.15, -0.1) is 11.3 Å². The highest BCUT2D eigenvalue weighted by Crippen LogP contribution is 2.35. The van der Waals surface area contributed by atoms with Gasteiger partial charge in [0.1, 0.15) is 17.9 Å². The van der Waals surface area contributed by atoms with E-state index in [2.05, 4.69) is 36.1 Å². The lowest BCUT2D eigenvalue weighted by atomic mass is 9.85. The molecule has 3 aliphatic rings. The fraction of sp³-hybridized carbons (Fsp3) is 0.460. The highest BCUT2D eigenvalue weighted by molar-refractivity contribution is 7.13. The number of anilines is 1. The van der Waals surface area contributed by atoms with Gasteiger partial charge in [0.05, 0.1) is 33.3 Å². The van der Waals surface area contributed by atoms with Crippen LogP contribution in [0.4, 0.5) is 10.1 Å². The summed E-state index contributed by atoms with van der Waals surface area (Å²) in [5.74, 6) is -2.26.